The Balaban J connectivity index is 0.0000198. The van der Waals surface area contributed by atoms with E-state index in [9.17, 15) is 37.2 Å². The quantitative estimate of drug-likeness (QED) is 0.0515. The van der Waals surface area contributed by atoms with Crippen molar-refractivity contribution in [2.45, 2.75) is 148 Å². The van der Waals surface area contributed by atoms with Crippen LogP contribution in [-0.4, -0.2) is 125 Å². The molecule has 21 heteroatoms. The summed E-state index contributed by atoms with van der Waals surface area (Å²) in [5.74, 6) is -3.84. The van der Waals surface area contributed by atoms with E-state index in [4.69, 9.17) is 14.6 Å². The minimum Gasteiger partial charge on any atom is -0.481 e. The molecule has 2 heterocycles. The lowest BCUT2D eigenvalue weighted by atomic mass is 9.88. The highest BCUT2D eigenvalue weighted by Gasteiger charge is 2.22. The third-order valence-electron chi connectivity index (χ3n) is 10.0. The van der Waals surface area contributed by atoms with Crippen LogP contribution in [0.3, 0.4) is 0 Å². The van der Waals surface area contributed by atoms with Crippen molar-refractivity contribution in [1.82, 2.24) is 45.9 Å². The Hall–Kier alpha value is -4.63. The summed E-state index contributed by atoms with van der Waals surface area (Å²) in [6, 6.07) is 0. The van der Waals surface area contributed by atoms with Crippen molar-refractivity contribution in [2.75, 3.05) is 45.3 Å². The van der Waals surface area contributed by atoms with Crippen LogP contribution in [0, 0.1) is 5.92 Å². The summed E-state index contributed by atoms with van der Waals surface area (Å²) < 4.78 is 37.1. The monoisotopic (exact) mass is 900 g/mol. The summed E-state index contributed by atoms with van der Waals surface area (Å²) >= 11 is 0. The lowest BCUT2D eigenvalue weighted by Gasteiger charge is -2.15. The van der Waals surface area contributed by atoms with E-state index in [0.29, 0.717) is 38.6 Å². The third-order valence-corrected chi connectivity index (χ3v) is 11.2. The number of unbranched alkanes of at least 4 members (excludes halogenated alkanes) is 13. The van der Waals surface area contributed by atoms with Crippen molar-refractivity contribution >= 4 is 45.3 Å². The van der Waals surface area contributed by atoms with Gasteiger partial charge in [-0.3, -0.25) is 33.5 Å². The topological polar surface area (TPSA) is 294 Å². The van der Waals surface area contributed by atoms with Crippen LogP contribution in [0.5, 0.6) is 0 Å². The van der Waals surface area contributed by atoms with Crippen molar-refractivity contribution < 1.29 is 54.6 Å². The van der Waals surface area contributed by atoms with Crippen molar-refractivity contribution in [1.29, 1.82) is 0 Å². The molecule has 0 saturated heterocycles. The molecule has 0 aliphatic heterocycles. The number of aromatic nitrogens is 6. The molecule has 0 spiro atoms. The Morgan fingerprint density at radius 3 is 2.02 bits per heavy atom. The fourth-order valence-electron chi connectivity index (χ4n) is 6.61. The summed E-state index contributed by atoms with van der Waals surface area (Å²) in [6.07, 6.45) is 20.2. The Morgan fingerprint density at radius 1 is 0.710 bits per heavy atom. The van der Waals surface area contributed by atoms with Gasteiger partial charge in [0, 0.05) is 65.9 Å². The number of H-pyrrole nitrogens is 2. The molecule has 0 fully saturated rings. The van der Waals surface area contributed by atoms with Gasteiger partial charge in [0.25, 0.3) is 0 Å². The minimum absolute atomic E-state index is 0. The van der Waals surface area contributed by atoms with Gasteiger partial charge in [-0.25, -0.2) is 13.4 Å². The van der Waals surface area contributed by atoms with Gasteiger partial charge < -0.3 is 30.2 Å². The number of carbonyl (C=O) groups is 6. The number of hydrogen-bond donors (Lipinski definition) is 6. The minimum atomic E-state index is -4.12. The molecule has 0 radical (unpaired) electrons. The van der Waals surface area contributed by atoms with Crippen LogP contribution in [0.2, 0.25) is 0 Å². The van der Waals surface area contributed by atoms with Crippen molar-refractivity contribution in [3.63, 3.8) is 0 Å². The number of aliphatic carboxylic acids is 1. The van der Waals surface area contributed by atoms with Crippen LogP contribution in [0.25, 0.3) is 0 Å². The molecule has 2 aromatic rings. The molecule has 20 nitrogen and oxygen atoms in total. The number of tetrazole rings is 1. The number of nitrogens with zero attached hydrogens (tertiary/aromatic N) is 4. The van der Waals surface area contributed by atoms with E-state index in [2.05, 4.69) is 41.2 Å². The second kappa shape index (κ2) is 33.9. The smallest absolute Gasteiger partial charge is 0.303 e. The molecule has 354 valence electrons. The molecule has 0 aromatic carbocycles. The van der Waals surface area contributed by atoms with Crippen LogP contribution in [0.4, 0.5) is 0 Å². The maximum absolute atomic E-state index is 12.7. The van der Waals surface area contributed by atoms with E-state index in [1.54, 1.807) is 6.20 Å². The second-order valence-electron chi connectivity index (χ2n) is 15.4. The molecule has 0 bridgehead atoms. The average molecular weight is 900 g/mol. The van der Waals surface area contributed by atoms with E-state index >= 15 is 0 Å². The summed E-state index contributed by atoms with van der Waals surface area (Å²) in [5.41, 5.74) is 0.814. The number of ether oxygens (including phenoxy) is 2. The molecule has 1 atom stereocenters. The van der Waals surface area contributed by atoms with Crippen molar-refractivity contribution in [3.05, 3.63) is 24.0 Å². The number of carbonyl (C=O) groups excluding carboxylic acids is 5. The number of aromatic amines is 2. The number of nitrogens with one attached hydrogen (secondary N) is 5. The Labute approximate surface area is 368 Å². The van der Waals surface area contributed by atoms with E-state index < -0.39 is 39.5 Å². The number of ketones is 2. The molecule has 0 aliphatic carbocycles. The number of carboxylic acids is 1. The zero-order valence-corrected chi connectivity index (χ0v) is 37.0. The van der Waals surface area contributed by atoms with Gasteiger partial charge >= 0.3 is 5.97 Å². The Morgan fingerprint density at radius 2 is 1.37 bits per heavy atom. The van der Waals surface area contributed by atoms with Crippen LogP contribution in [-0.2, 0) is 61.1 Å². The molecule has 0 unspecified atom stereocenters. The van der Waals surface area contributed by atoms with E-state index in [1.807, 2.05) is 4.72 Å². The first kappa shape index (κ1) is 53.5. The highest BCUT2D eigenvalue weighted by atomic mass is 32.2. The number of rotatable bonds is 41. The van der Waals surface area contributed by atoms with Gasteiger partial charge in [-0.15, -0.1) is 10.2 Å². The highest BCUT2D eigenvalue weighted by molar-refractivity contribution is 7.90. The van der Waals surface area contributed by atoms with Crippen molar-refractivity contribution in [3.8, 4) is 0 Å². The molecule has 62 heavy (non-hydrogen) atoms. The number of Topliss-reactive ketones (excluding diaryl/α,β-unsaturated/α-hetero) is 2. The Bertz CT molecular complexity index is 1670. The first-order valence-electron chi connectivity index (χ1n) is 22.1. The SMILES string of the molecule is O=C(O)CCC(=O)[C@@H](CCCCNC(=O)COCCOCCNC(=O)CS(=O)(=O)NC(=O)CCCCCCCCCCCCCCCc1nn[nH]n1)CC(=O)CCc1cnc[nH]1.[HH].[HH]. The first-order chi connectivity index (χ1) is 29.9. The maximum atomic E-state index is 12.7. The average Bonchev–Trinajstić information content (AvgIpc) is 3.96. The van der Waals surface area contributed by atoms with Crippen molar-refractivity contribution in [2.24, 2.45) is 5.92 Å². The molecule has 6 N–H and O–H groups in total. The van der Waals surface area contributed by atoms with Gasteiger partial charge in [0.2, 0.25) is 27.7 Å². The van der Waals surface area contributed by atoms with E-state index in [0.717, 1.165) is 50.0 Å². The number of sulfonamides is 1. The summed E-state index contributed by atoms with van der Waals surface area (Å²) in [5, 5.41) is 28.1. The predicted molar refractivity (Wildman–Crippen MR) is 232 cm³/mol. The molecule has 3 amide bonds. The highest BCUT2D eigenvalue weighted by Crippen LogP contribution is 2.19. The van der Waals surface area contributed by atoms with E-state index in [1.165, 1.54) is 51.3 Å². The zero-order valence-electron chi connectivity index (χ0n) is 36.2. The lowest BCUT2D eigenvalue weighted by Crippen LogP contribution is -2.39. The number of carboxylic acid groups (broad SMARTS) is 1. The number of aryl methyl sites for hydroxylation is 2. The third kappa shape index (κ3) is 29.6. The Kier molecular flexibility index (Phi) is 29.3. The van der Waals surface area contributed by atoms with E-state index in [-0.39, 0.29) is 85.4 Å². The largest absolute Gasteiger partial charge is 0.481 e. The summed E-state index contributed by atoms with van der Waals surface area (Å²) in [6.45, 7) is 0.465. The van der Waals surface area contributed by atoms with Crippen LogP contribution >= 0.6 is 0 Å². The number of hydrogen-bond acceptors (Lipinski definition) is 14. The number of amides is 3. The fourth-order valence-corrected chi connectivity index (χ4v) is 7.58. The zero-order chi connectivity index (χ0) is 45.1. The normalized spacial score (nSPS) is 11.9. The van der Waals surface area contributed by atoms with Gasteiger partial charge in [-0.1, -0.05) is 82.3 Å². The first-order valence-corrected chi connectivity index (χ1v) is 23.8. The number of imidazole rings is 1. The second-order valence-corrected chi connectivity index (χ2v) is 17.2. The molecule has 2 aromatic heterocycles. The molecule has 2 rings (SSSR count). The van der Waals surface area contributed by atoms with Crippen LogP contribution < -0.4 is 15.4 Å². The van der Waals surface area contributed by atoms with Gasteiger partial charge in [0.1, 0.15) is 23.9 Å². The van der Waals surface area contributed by atoms with Crippen LogP contribution in [0.15, 0.2) is 12.5 Å². The molecular weight excluding hydrogens is 827 g/mol. The lowest BCUT2D eigenvalue weighted by molar-refractivity contribution is -0.139. The fraction of sp³-hybridized carbons (Fsp3) is 0.756. The summed E-state index contributed by atoms with van der Waals surface area (Å²) in [7, 11) is -4.12. The molecule has 0 saturated carbocycles. The van der Waals surface area contributed by atoms with Crippen LogP contribution in [0.1, 0.15) is 149 Å². The molecular formula is C41H73N9O11S. The van der Waals surface area contributed by atoms with Gasteiger partial charge in [-0.05, 0) is 32.1 Å². The molecule has 0 aliphatic rings. The van der Waals surface area contributed by atoms with Gasteiger partial charge in [0.05, 0.1) is 32.6 Å². The maximum Gasteiger partial charge on any atom is 0.303 e. The predicted octanol–water partition coefficient (Wildman–Crippen LogP) is 3.94. The summed E-state index contributed by atoms with van der Waals surface area (Å²) in [4.78, 5) is 79.3. The standard InChI is InChI=1S/C41H69N9O11S.2H2/c51-35(20-19-34-29-42-32-45-34)28-33(36(52)21-22-41(56)57)16-14-15-23-43-39(54)30-61-27-26-60-25-24-44-40(55)31-62(58,59)48-38(53)18-13-11-9-7-5-3-1-2-4-6-8-10-12-17-37-46-49-50-47-37;;/h29,32-33H,1-28,30-31H2,(H,42,45)(H,43,54)(H,44,55)(H,48,53)(H,56,57)(H,46,47,49,50);2*1H/t33-;;/m0../s1. The van der Waals surface area contributed by atoms with Gasteiger partial charge in [0.15, 0.2) is 5.82 Å². The van der Waals surface area contributed by atoms with Gasteiger partial charge in [-0.2, -0.15) is 5.21 Å².